The Morgan fingerprint density at radius 3 is 2.64 bits per heavy atom. The molecule has 0 aliphatic heterocycles. The predicted molar refractivity (Wildman–Crippen MR) is 51.7 cm³/mol. The second-order valence-corrected chi connectivity index (χ2v) is 3.42. The summed E-state index contributed by atoms with van der Waals surface area (Å²) in [7, 11) is 2.08. The minimum absolute atomic E-state index is 0.710. The Bertz CT molecular complexity index is 143. The van der Waals surface area contributed by atoms with Crippen LogP contribution in [0.4, 0.5) is 0 Å². The van der Waals surface area contributed by atoms with E-state index in [-0.39, 0.29) is 0 Å². The summed E-state index contributed by atoms with van der Waals surface area (Å²) in [5.74, 6) is 0. The van der Waals surface area contributed by atoms with Gasteiger partial charge >= 0.3 is 0 Å². The lowest BCUT2D eigenvalue weighted by molar-refractivity contribution is 0.239. The smallest absolute Gasteiger partial charge is 0.168 e. The molecule has 0 unspecified atom stereocenters. The minimum Gasteiger partial charge on any atom is -0.363 e. The Hall–Kier alpha value is -0.310. The number of rotatable bonds is 2. The molecule has 1 aliphatic carbocycles. The maximum Gasteiger partial charge on any atom is 0.168 e. The summed E-state index contributed by atoms with van der Waals surface area (Å²) >= 11 is 5.17. The molecular formula is C8H16N2S. The Morgan fingerprint density at radius 1 is 1.64 bits per heavy atom. The van der Waals surface area contributed by atoms with Gasteiger partial charge in [-0.05, 0) is 38.4 Å². The first-order chi connectivity index (χ1) is 5.25. The molecule has 0 aromatic carbocycles. The molecule has 0 radical (unpaired) electrons. The van der Waals surface area contributed by atoms with Gasteiger partial charge in [0.25, 0.3) is 0 Å². The number of hydrogen-bond donors (Lipinski definition) is 1. The summed E-state index contributed by atoms with van der Waals surface area (Å²) < 4.78 is 0. The molecule has 0 aromatic heterocycles. The van der Waals surface area contributed by atoms with E-state index in [1.807, 2.05) is 0 Å². The zero-order valence-corrected chi connectivity index (χ0v) is 8.08. The summed E-state index contributed by atoms with van der Waals surface area (Å²) in [6.45, 7) is 3.00. The maximum atomic E-state index is 5.17. The molecule has 0 amide bonds. The van der Waals surface area contributed by atoms with Crippen molar-refractivity contribution in [3.63, 3.8) is 0 Å². The molecule has 0 bridgehead atoms. The van der Waals surface area contributed by atoms with Gasteiger partial charge in [-0.15, -0.1) is 0 Å². The van der Waals surface area contributed by atoms with Crippen molar-refractivity contribution in [2.24, 2.45) is 0 Å². The highest BCUT2D eigenvalue weighted by Gasteiger charge is 2.22. The van der Waals surface area contributed by atoms with Crippen molar-refractivity contribution >= 4 is 17.3 Å². The Morgan fingerprint density at radius 2 is 2.27 bits per heavy atom. The maximum absolute atomic E-state index is 5.17. The fraction of sp³-hybridized carbons (Fsp3) is 0.875. The van der Waals surface area contributed by atoms with Crippen molar-refractivity contribution in [3.05, 3.63) is 0 Å². The summed E-state index contributed by atoms with van der Waals surface area (Å²) in [5, 5.41) is 4.05. The quantitative estimate of drug-likeness (QED) is 0.633. The van der Waals surface area contributed by atoms with Crippen molar-refractivity contribution in [2.75, 3.05) is 13.6 Å². The average molecular weight is 172 g/mol. The van der Waals surface area contributed by atoms with Gasteiger partial charge in [0.05, 0.1) is 0 Å². The van der Waals surface area contributed by atoms with Crippen molar-refractivity contribution in [1.82, 2.24) is 10.2 Å². The Labute approximate surface area is 74.0 Å². The Kier molecular flexibility index (Phi) is 3.12. The second-order valence-electron chi connectivity index (χ2n) is 3.03. The highest BCUT2D eigenvalue weighted by molar-refractivity contribution is 7.80. The lowest BCUT2D eigenvalue weighted by Gasteiger charge is -2.36. The fourth-order valence-corrected chi connectivity index (χ4v) is 1.51. The van der Waals surface area contributed by atoms with Crippen LogP contribution in [0.2, 0.25) is 0 Å². The van der Waals surface area contributed by atoms with Crippen molar-refractivity contribution in [1.29, 1.82) is 0 Å². The van der Waals surface area contributed by atoms with E-state index < -0.39 is 0 Å². The third-order valence-corrected chi connectivity index (χ3v) is 2.70. The van der Waals surface area contributed by atoms with Crippen molar-refractivity contribution < 1.29 is 0 Å². The van der Waals surface area contributed by atoms with Crippen LogP contribution in [0.1, 0.15) is 26.2 Å². The van der Waals surface area contributed by atoms with Crippen molar-refractivity contribution in [2.45, 2.75) is 32.2 Å². The van der Waals surface area contributed by atoms with Gasteiger partial charge < -0.3 is 10.2 Å². The molecule has 11 heavy (non-hydrogen) atoms. The highest BCUT2D eigenvalue weighted by Crippen LogP contribution is 2.23. The molecule has 3 heteroatoms. The molecule has 1 aliphatic rings. The van der Waals surface area contributed by atoms with Crippen LogP contribution in [0.5, 0.6) is 0 Å². The van der Waals surface area contributed by atoms with Crippen LogP contribution in [0.15, 0.2) is 0 Å². The SMILES string of the molecule is CCNC(=S)N(C)C1CCC1. The molecule has 0 heterocycles. The van der Waals surface area contributed by atoms with Gasteiger partial charge in [0.1, 0.15) is 0 Å². The molecule has 1 saturated carbocycles. The second kappa shape index (κ2) is 3.90. The van der Waals surface area contributed by atoms with E-state index in [2.05, 4.69) is 24.2 Å². The molecule has 2 nitrogen and oxygen atoms in total. The van der Waals surface area contributed by atoms with Crippen LogP contribution in [0.3, 0.4) is 0 Å². The van der Waals surface area contributed by atoms with Crippen LogP contribution in [0, 0.1) is 0 Å². The molecule has 1 fully saturated rings. The highest BCUT2D eigenvalue weighted by atomic mass is 32.1. The van der Waals surface area contributed by atoms with E-state index in [0.717, 1.165) is 11.7 Å². The van der Waals surface area contributed by atoms with E-state index in [1.54, 1.807) is 0 Å². The van der Waals surface area contributed by atoms with Gasteiger partial charge in [-0.1, -0.05) is 0 Å². The van der Waals surface area contributed by atoms with Gasteiger partial charge in [0, 0.05) is 19.6 Å². The summed E-state index contributed by atoms with van der Waals surface area (Å²) in [5.41, 5.74) is 0. The molecule has 0 atom stereocenters. The molecular weight excluding hydrogens is 156 g/mol. The zero-order chi connectivity index (χ0) is 8.27. The largest absolute Gasteiger partial charge is 0.363 e. The zero-order valence-electron chi connectivity index (χ0n) is 7.26. The van der Waals surface area contributed by atoms with E-state index in [4.69, 9.17) is 12.2 Å². The van der Waals surface area contributed by atoms with Crippen LogP contribution < -0.4 is 5.32 Å². The summed E-state index contributed by atoms with van der Waals surface area (Å²) in [4.78, 5) is 2.18. The number of nitrogens with zero attached hydrogens (tertiary/aromatic N) is 1. The first-order valence-electron chi connectivity index (χ1n) is 4.26. The monoisotopic (exact) mass is 172 g/mol. The molecule has 0 spiro atoms. The number of nitrogens with one attached hydrogen (secondary N) is 1. The fourth-order valence-electron chi connectivity index (χ4n) is 1.22. The first-order valence-corrected chi connectivity index (χ1v) is 4.67. The molecule has 1 N–H and O–H groups in total. The minimum atomic E-state index is 0.710. The number of hydrogen-bond acceptors (Lipinski definition) is 1. The lowest BCUT2D eigenvalue weighted by atomic mass is 9.92. The molecule has 0 saturated heterocycles. The summed E-state index contributed by atoms with van der Waals surface area (Å²) in [6.07, 6.45) is 3.98. The van der Waals surface area contributed by atoms with Crippen LogP contribution >= 0.6 is 12.2 Å². The molecule has 64 valence electrons. The normalized spacial score (nSPS) is 17.3. The third-order valence-electron chi connectivity index (χ3n) is 2.27. The summed E-state index contributed by atoms with van der Waals surface area (Å²) in [6, 6.07) is 0.710. The van der Waals surface area contributed by atoms with E-state index in [1.165, 1.54) is 19.3 Å². The van der Waals surface area contributed by atoms with Gasteiger partial charge in [-0.2, -0.15) is 0 Å². The van der Waals surface area contributed by atoms with Crippen LogP contribution in [0.25, 0.3) is 0 Å². The third kappa shape index (κ3) is 2.06. The van der Waals surface area contributed by atoms with Gasteiger partial charge in [0.15, 0.2) is 5.11 Å². The van der Waals surface area contributed by atoms with Gasteiger partial charge in [-0.25, -0.2) is 0 Å². The predicted octanol–water partition coefficient (Wildman–Crippen LogP) is 1.37. The lowest BCUT2D eigenvalue weighted by Crippen LogP contribution is -2.46. The van der Waals surface area contributed by atoms with Crippen molar-refractivity contribution in [3.8, 4) is 0 Å². The average Bonchev–Trinajstić information content (AvgIpc) is 1.84. The van der Waals surface area contributed by atoms with Crippen LogP contribution in [-0.4, -0.2) is 29.6 Å². The van der Waals surface area contributed by atoms with Gasteiger partial charge in [0.2, 0.25) is 0 Å². The topological polar surface area (TPSA) is 15.3 Å². The van der Waals surface area contributed by atoms with Crippen LogP contribution in [-0.2, 0) is 0 Å². The molecule has 1 rings (SSSR count). The Balaban J connectivity index is 2.27. The van der Waals surface area contributed by atoms with E-state index in [9.17, 15) is 0 Å². The first kappa shape index (κ1) is 8.78. The standard InChI is InChI=1S/C8H16N2S/c1-3-9-8(11)10(2)7-5-4-6-7/h7H,3-6H2,1-2H3,(H,9,11). The number of thiocarbonyl (C=S) groups is 1. The van der Waals surface area contributed by atoms with E-state index in [0.29, 0.717) is 6.04 Å². The van der Waals surface area contributed by atoms with Gasteiger partial charge in [-0.3, -0.25) is 0 Å². The van der Waals surface area contributed by atoms with E-state index >= 15 is 0 Å². The molecule has 0 aromatic rings.